The van der Waals surface area contributed by atoms with Crippen molar-refractivity contribution in [2.24, 2.45) is 0 Å². The zero-order chi connectivity index (χ0) is 14.2. The van der Waals surface area contributed by atoms with E-state index in [-0.39, 0.29) is 11.8 Å². The van der Waals surface area contributed by atoms with Crippen LogP contribution in [0.4, 0.5) is 0 Å². The third-order valence-corrected chi connectivity index (χ3v) is 6.02. The molecule has 1 aliphatic heterocycles. The number of aromatic nitrogens is 1. The molecule has 4 nitrogen and oxygen atoms in total. The Bertz CT molecular complexity index is 724. The van der Waals surface area contributed by atoms with Gasteiger partial charge in [0.25, 0.3) is 0 Å². The van der Waals surface area contributed by atoms with Crippen LogP contribution in [-0.4, -0.2) is 37.1 Å². The second kappa shape index (κ2) is 5.50. The highest BCUT2D eigenvalue weighted by atomic mass is 79.9. The average Bonchev–Trinajstić information content (AvgIpc) is 2.93. The summed E-state index contributed by atoms with van der Waals surface area (Å²) < 4.78 is 26.0. The van der Waals surface area contributed by atoms with Gasteiger partial charge in [0.1, 0.15) is 0 Å². The Morgan fingerprint density at radius 2 is 2.20 bits per heavy atom. The largest absolute Gasteiger partial charge is 0.346 e. The summed E-state index contributed by atoms with van der Waals surface area (Å²) in [6, 6.07) is 8.45. The maximum absolute atomic E-state index is 11.4. The van der Waals surface area contributed by atoms with Crippen molar-refractivity contribution in [1.29, 1.82) is 0 Å². The van der Waals surface area contributed by atoms with Gasteiger partial charge in [0.15, 0.2) is 9.84 Å². The van der Waals surface area contributed by atoms with Crippen molar-refractivity contribution in [3.05, 3.63) is 34.9 Å². The number of benzene rings is 1. The van der Waals surface area contributed by atoms with E-state index in [0.29, 0.717) is 5.75 Å². The summed E-state index contributed by atoms with van der Waals surface area (Å²) in [6.07, 6.45) is 2.81. The van der Waals surface area contributed by atoms with Gasteiger partial charge in [-0.15, -0.1) is 0 Å². The Balaban J connectivity index is 1.62. The summed E-state index contributed by atoms with van der Waals surface area (Å²) in [4.78, 5) is 0. The summed E-state index contributed by atoms with van der Waals surface area (Å²) in [7, 11) is -2.80. The van der Waals surface area contributed by atoms with Crippen LogP contribution in [0.25, 0.3) is 10.9 Å². The molecule has 1 aromatic carbocycles. The lowest BCUT2D eigenvalue weighted by atomic mass is 10.2. The van der Waals surface area contributed by atoms with Crippen LogP contribution in [0.3, 0.4) is 0 Å². The first-order chi connectivity index (χ1) is 9.53. The SMILES string of the molecule is O=S1(=O)CCC(NCCn2ccc3ccc(Br)cc32)C1. The van der Waals surface area contributed by atoms with E-state index in [1.54, 1.807) is 0 Å². The van der Waals surface area contributed by atoms with Gasteiger partial charge in [-0.2, -0.15) is 0 Å². The first kappa shape index (κ1) is 14.1. The predicted molar refractivity (Wildman–Crippen MR) is 84.7 cm³/mol. The van der Waals surface area contributed by atoms with E-state index in [2.05, 4.69) is 50.2 Å². The number of nitrogens with one attached hydrogen (secondary N) is 1. The van der Waals surface area contributed by atoms with Gasteiger partial charge in [-0.3, -0.25) is 0 Å². The molecule has 0 saturated carbocycles. The number of nitrogens with zero attached hydrogens (tertiary/aromatic N) is 1. The van der Waals surface area contributed by atoms with E-state index in [0.717, 1.165) is 24.0 Å². The maximum Gasteiger partial charge on any atom is 0.151 e. The van der Waals surface area contributed by atoms with Gasteiger partial charge in [-0.1, -0.05) is 22.0 Å². The van der Waals surface area contributed by atoms with E-state index in [4.69, 9.17) is 0 Å². The lowest BCUT2D eigenvalue weighted by molar-refractivity contribution is 0.525. The molecule has 1 aromatic heterocycles. The van der Waals surface area contributed by atoms with Gasteiger partial charge in [-0.25, -0.2) is 8.42 Å². The van der Waals surface area contributed by atoms with Gasteiger partial charge >= 0.3 is 0 Å². The fraction of sp³-hybridized carbons (Fsp3) is 0.429. The molecule has 0 aliphatic carbocycles. The molecule has 108 valence electrons. The lowest BCUT2D eigenvalue weighted by Crippen LogP contribution is -2.32. The highest BCUT2D eigenvalue weighted by molar-refractivity contribution is 9.10. The first-order valence-corrected chi connectivity index (χ1v) is 9.33. The molecule has 1 atom stereocenters. The van der Waals surface area contributed by atoms with E-state index in [1.165, 1.54) is 10.9 Å². The average molecular weight is 357 g/mol. The third-order valence-electron chi connectivity index (χ3n) is 3.75. The Labute approximate surface area is 127 Å². The van der Waals surface area contributed by atoms with Gasteiger partial charge in [-0.05, 0) is 30.0 Å². The summed E-state index contributed by atoms with van der Waals surface area (Å²) in [5.41, 5.74) is 1.19. The van der Waals surface area contributed by atoms with Crippen LogP contribution in [0.5, 0.6) is 0 Å². The monoisotopic (exact) mass is 356 g/mol. The molecule has 0 radical (unpaired) electrons. The number of rotatable bonds is 4. The molecule has 1 saturated heterocycles. The minimum absolute atomic E-state index is 0.119. The van der Waals surface area contributed by atoms with Gasteiger partial charge in [0.2, 0.25) is 0 Å². The van der Waals surface area contributed by atoms with E-state index < -0.39 is 9.84 Å². The molecule has 0 amide bonds. The van der Waals surface area contributed by atoms with Crippen molar-refractivity contribution in [3.8, 4) is 0 Å². The highest BCUT2D eigenvalue weighted by Crippen LogP contribution is 2.20. The van der Waals surface area contributed by atoms with Crippen LogP contribution in [0.15, 0.2) is 34.9 Å². The van der Waals surface area contributed by atoms with E-state index in [9.17, 15) is 8.42 Å². The zero-order valence-electron chi connectivity index (χ0n) is 11.0. The van der Waals surface area contributed by atoms with Gasteiger partial charge in [0, 0.05) is 35.3 Å². The number of fused-ring (bicyclic) bond motifs is 1. The van der Waals surface area contributed by atoms with E-state index in [1.807, 2.05) is 6.07 Å². The summed E-state index contributed by atoms with van der Waals surface area (Å²) >= 11 is 3.49. The quantitative estimate of drug-likeness (QED) is 0.913. The number of hydrogen-bond donors (Lipinski definition) is 1. The van der Waals surface area contributed by atoms with Crippen LogP contribution in [0.1, 0.15) is 6.42 Å². The predicted octanol–water partition coefficient (Wildman–Crippen LogP) is 2.18. The fourth-order valence-corrected chi connectivity index (χ4v) is 4.75. The van der Waals surface area contributed by atoms with Crippen LogP contribution < -0.4 is 5.32 Å². The van der Waals surface area contributed by atoms with Crippen LogP contribution in [0.2, 0.25) is 0 Å². The molecule has 1 fully saturated rings. The third kappa shape index (κ3) is 3.07. The number of halogens is 1. The molecule has 0 bridgehead atoms. The van der Waals surface area contributed by atoms with Crippen molar-refractivity contribution in [3.63, 3.8) is 0 Å². The molecule has 2 heterocycles. The Morgan fingerprint density at radius 1 is 1.35 bits per heavy atom. The van der Waals surface area contributed by atoms with Crippen molar-refractivity contribution < 1.29 is 8.42 Å². The molecule has 0 spiro atoms. The smallest absolute Gasteiger partial charge is 0.151 e. The van der Waals surface area contributed by atoms with Crippen LogP contribution in [-0.2, 0) is 16.4 Å². The summed E-state index contributed by atoms with van der Waals surface area (Å²) in [5, 5.41) is 4.56. The van der Waals surface area contributed by atoms with Gasteiger partial charge in [0.05, 0.1) is 11.5 Å². The Kier molecular flexibility index (Phi) is 3.88. The van der Waals surface area contributed by atoms with Crippen LogP contribution in [0, 0.1) is 0 Å². The molecular weight excluding hydrogens is 340 g/mol. The van der Waals surface area contributed by atoms with Gasteiger partial charge < -0.3 is 9.88 Å². The van der Waals surface area contributed by atoms with Crippen LogP contribution >= 0.6 is 15.9 Å². The minimum atomic E-state index is -2.80. The summed E-state index contributed by atoms with van der Waals surface area (Å²) in [6.45, 7) is 1.63. The van der Waals surface area contributed by atoms with Crippen molar-refractivity contribution in [1.82, 2.24) is 9.88 Å². The minimum Gasteiger partial charge on any atom is -0.346 e. The molecule has 20 heavy (non-hydrogen) atoms. The standard InChI is InChI=1S/C14H17BrN2O2S/c15-12-2-1-11-3-6-17(14(11)9-12)7-5-16-13-4-8-20(18,19)10-13/h1-3,6,9,13,16H,4-5,7-8,10H2. The molecule has 1 aliphatic rings. The molecule has 6 heteroatoms. The number of hydrogen-bond acceptors (Lipinski definition) is 3. The lowest BCUT2D eigenvalue weighted by Gasteiger charge is -2.11. The summed E-state index contributed by atoms with van der Waals surface area (Å²) in [5.74, 6) is 0.606. The number of sulfone groups is 1. The Morgan fingerprint density at radius 3 is 2.95 bits per heavy atom. The van der Waals surface area contributed by atoms with E-state index >= 15 is 0 Å². The first-order valence-electron chi connectivity index (χ1n) is 6.72. The van der Waals surface area contributed by atoms with Crippen molar-refractivity contribution >= 4 is 36.7 Å². The molecule has 1 N–H and O–H groups in total. The molecule has 3 rings (SSSR count). The fourth-order valence-electron chi connectivity index (χ4n) is 2.70. The maximum atomic E-state index is 11.4. The van der Waals surface area contributed by atoms with Crippen molar-refractivity contribution in [2.45, 2.75) is 19.0 Å². The second-order valence-corrected chi connectivity index (χ2v) is 8.41. The Hall–Kier alpha value is -0.850. The molecule has 2 aromatic rings. The normalized spacial score (nSPS) is 21.6. The second-order valence-electron chi connectivity index (χ2n) is 5.27. The topological polar surface area (TPSA) is 51.1 Å². The zero-order valence-corrected chi connectivity index (χ0v) is 13.5. The van der Waals surface area contributed by atoms with Crippen molar-refractivity contribution in [2.75, 3.05) is 18.1 Å². The molecule has 1 unspecified atom stereocenters. The molecular formula is C14H17BrN2O2S. The highest BCUT2D eigenvalue weighted by Gasteiger charge is 2.26.